The standard InChI is InChI=1S/C27H23ClF3NO3/c1-17(2)23(14-18-11-12-20(15-24(18)28)27(29,30)31)26(33)35-25(16-32)19-7-6-10-22(13-19)34-21-8-4-3-5-9-21/h3-13,15,17,23,25H,14H2,1-2H3. The van der Waals surface area contributed by atoms with Gasteiger partial charge in [0, 0.05) is 10.6 Å². The number of nitriles is 1. The minimum absolute atomic E-state index is 0.0722. The number of carbonyl (C=O) groups excluding carboxylic acids is 1. The number of nitrogens with zero attached hydrogens (tertiary/aromatic N) is 1. The third-order valence-corrected chi connectivity index (χ3v) is 5.77. The van der Waals surface area contributed by atoms with E-state index in [4.69, 9.17) is 21.1 Å². The smallest absolute Gasteiger partial charge is 0.416 e. The summed E-state index contributed by atoms with van der Waals surface area (Å²) in [6, 6.07) is 20.8. The van der Waals surface area contributed by atoms with Crippen LogP contribution in [0.4, 0.5) is 13.2 Å². The quantitative estimate of drug-likeness (QED) is 0.296. The highest BCUT2D eigenvalue weighted by atomic mass is 35.5. The molecule has 0 amide bonds. The van der Waals surface area contributed by atoms with Gasteiger partial charge in [-0.2, -0.15) is 18.4 Å². The molecule has 0 spiro atoms. The molecular weight excluding hydrogens is 479 g/mol. The molecular formula is C27H23ClF3NO3. The molecule has 0 radical (unpaired) electrons. The molecule has 0 bridgehead atoms. The second-order valence-electron chi connectivity index (χ2n) is 8.29. The molecule has 0 aliphatic rings. The van der Waals surface area contributed by atoms with Crippen LogP contribution in [0.1, 0.15) is 36.6 Å². The number of para-hydroxylation sites is 1. The van der Waals surface area contributed by atoms with Crippen LogP contribution in [0.25, 0.3) is 0 Å². The number of carbonyl (C=O) groups is 1. The van der Waals surface area contributed by atoms with E-state index in [1.807, 2.05) is 24.3 Å². The molecule has 0 heterocycles. The first-order chi connectivity index (χ1) is 16.6. The zero-order chi connectivity index (χ0) is 25.6. The number of rotatable bonds is 8. The average molecular weight is 502 g/mol. The fourth-order valence-electron chi connectivity index (χ4n) is 3.46. The second kappa shape index (κ2) is 11.3. The Morgan fingerprint density at radius 3 is 2.29 bits per heavy atom. The first-order valence-corrected chi connectivity index (χ1v) is 11.2. The molecule has 3 aromatic rings. The van der Waals surface area contributed by atoms with Gasteiger partial charge >= 0.3 is 12.1 Å². The molecule has 182 valence electrons. The number of hydrogen-bond donors (Lipinski definition) is 0. The van der Waals surface area contributed by atoms with Gasteiger partial charge in [0.25, 0.3) is 0 Å². The van der Waals surface area contributed by atoms with Gasteiger partial charge < -0.3 is 9.47 Å². The molecule has 3 aromatic carbocycles. The van der Waals surface area contributed by atoms with Crippen molar-refractivity contribution in [2.45, 2.75) is 32.5 Å². The van der Waals surface area contributed by atoms with Gasteiger partial charge in [-0.3, -0.25) is 4.79 Å². The Morgan fingerprint density at radius 2 is 1.69 bits per heavy atom. The Labute approximate surface area is 206 Å². The van der Waals surface area contributed by atoms with Gasteiger partial charge in [-0.15, -0.1) is 0 Å². The maximum Gasteiger partial charge on any atom is 0.416 e. The lowest BCUT2D eigenvalue weighted by Crippen LogP contribution is -2.26. The number of ether oxygens (including phenoxy) is 2. The van der Waals surface area contributed by atoms with Crippen molar-refractivity contribution in [1.82, 2.24) is 0 Å². The summed E-state index contributed by atoms with van der Waals surface area (Å²) in [6.07, 6.45) is -5.63. The molecule has 0 saturated heterocycles. The van der Waals surface area contributed by atoms with Gasteiger partial charge in [0.2, 0.25) is 6.10 Å². The summed E-state index contributed by atoms with van der Waals surface area (Å²) in [7, 11) is 0. The molecule has 0 aromatic heterocycles. The first-order valence-electron chi connectivity index (χ1n) is 10.9. The summed E-state index contributed by atoms with van der Waals surface area (Å²) >= 11 is 6.08. The van der Waals surface area contributed by atoms with E-state index in [-0.39, 0.29) is 17.4 Å². The lowest BCUT2D eigenvalue weighted by atomic mass is 9.89. The van der Waals surface area contributed by atoms with Crippen molar-refractivity contribution in [3.05, 3.63) is 94.5 Å². The summed E-state index contributed by atoms with van der Waals surface area (Å²) in [6.45, 7) is 3.58. The fourth-order valence-corrected chi connectivity index (χ4v) is 3.71. The number of esters is 1. The highest BCUT2D eigenvalue weighted by molar-refractivity contribution is 6.31. The number of halogens is 4. The van der Waals surface area contributed by atoms with Crippen LogP contribution in [0.3, 0.4) is 0 Å². The number of alkyl halides is 3. The van der Waals surface area contributed by atoms with E-state index in [1.165, 1.54) is 6.07 Å². The zero-order valence-corrected chi connectivity index (χ0v) is 19.8. The van der Waals surface area contributed by atoms with Crippen LogP contribution >= 0.6 is 11.6 Å². The summed E-state index contributed by atoms with van der Waals surface area (Å²) in [5, 5.41) is 9.59. The van der Waals surface area contributed by atoms with E-state index in [0.717, 1.165) is 12.1 Å². The highest BCUT2D eigenvalue weighted by Gasteiger charge is 2.32. The SMILES string of the molecule is CC(C)C(Cc1ccc(C(F)(F)F)cc1Cl)C(=O)OC(C#N)c1cccc(Oc2ccccc2)c1. The molecule has 2 unspecified atom stereocenters. The average Bonchev–Trinajstić information content (AvgIpc) is 2.81. The summed E-state index contributed by atoms with van der Waals surface area (Å²) in [5.41, 5.74) is -0.0384. The molecule has 8 heteroatoms. The van der Waals surface area contributed by atoms with E-state index >= 15 is 0 Å². The van der Waals surface area contributed by atoms with E-state index in [1.54, 1.807) is 50.2 Å². The Balaban J connectivity index is 1.75. The van der Waals surface area contributed by atoms with Gasteiger partial charge in [0.1, 0.15) is 17.6 Å². The number of hydrogen-bond acceptors (Lipinski definition) is 4. The van der Waals surface area contributed by atoms with Gasteiger partial charge in [0.05, 0.1) is 11.5 Å². The predicted molar refractivity (Wildman–Crippen MR) is 126 cm³/mol. The summed E-state index contributed by atoms with van der Waals surface area (Å²) in [5.74, 6) is -0.487. The molecule has 0 fully saturated rings. The topological polar surface area (TPSA) is 59.3 Å². The van der Waals surface area contributed by atoms with Gasteiger partial charge in [0.15, 0.2) is 0 Å². The van der Waals surface area contributed by atoms with Crippen molar-refractivity contribution in [3.63, 3.8) is 0 Å². The Morgan fingerprint density at radius 1 is 1.00 bits per heavy atom. The largest absolute Gasteiger partial charge is 0.457 e. The van der Waals surface area contributed by atoms with Crippen molar-refractivity contribution in [1.29, 1.82) is 5.26 Å². The van der Waals surface area contributed by atoms with E-state index in [2.05, 4.69) is 0 Å². The van der Waals surface area contributed by atoms with Crippen molar-refractivity contribution >= 4 is 17.6 Å². The van der Waals surface area contributed by atoms with Crippen LogP contribution in [0, 0.1) is 23.2 Å². The Hall–Kier alpha value is -3.50. The molecule has 0 aliphatic carbocycles. The first kappa shape index (κ1) is 26.1. The predicted octanol–water partition coefficient (Wildman–Crippen LogP) is 7.77. The number of benzene rings is 3. The maximum absolute atomic E-state index is 13.0. The van der Waals surface area contributed by atoms with Crippen molar-refractivity contribution in [2.24, 2.45) is 11.8 Å². The normalized spacial score (nSPS) is 13.1. The lowest BCUT2D eigenvalue weighted by Gasteiger charge is -2.22. The van der Waals surface area contributed by atoms with Crippen molar-refractivity contribution in [3.8, 4) is 17.6 Å². The monoisotopic (exact) mass is 501 g/mol. The maximum atomic E-state index is 13.0. The molecule has 4 nitrogen and oxygen atoms in total. The fraction of sp³-hybridized carbons (Fsp3) is 0.259. The van der Waals surface area contributed by atoms with Gasteiger partial charge in [-0.05, 0) is 54.3 Å². The van der Waals surface area contributed by atoms with Gasteiger partial charge in [-0.1, -0.05) is 61.8 Å². The third kappa shape index (κ3) is 7.00. The van der Waals surface area contributed by atoms with Crippen molar-refractivity contribution < 1.29 is 27.4 Å². The van der Waals surface area contributed by atoms with Crippen molar-refractivity contribution in [2.75, 3.05) is 0 Å². The van der Waals surface area contributed by atoms with E-state index in [0.29, 0.717) is 22.6 Å². The van der Waals surface area contributed by atoms with E-state index < -0.39 is 29.7 Å². The van der Waals surface area contributed by atoms with Gasteiger partial charge in [-0.25, -0.2) is 0 Å². The van der Waals surface area contributed by atoms with Crippen LogP contribution in [0.5, 0.6) is 11.5 Å². The van der Waals surface area contributed by atoms with Crippen LogP contribution in [-0.2, 0) is 22.1 Å². The van der Waals surface area contributed by atoms with Crippen LogP contribution in [0.2, 0.25) is 5.02 Å². The highest BCUT2D eigenvalue weighted by Crippen LogP contribution is 2.34. The lowest BCUT2D eigenvalue weighted by molar-refractivity contribution is -0.153. The van der Waals surface area contributed by atoms with E-state index in [9.17, 15) is 23.2 Å². The molecule has 0 N–H and O–H groups in total. The molecule has 0 saturated carbocycles. The van der Waals surface area contributed by atoms with Crippen LogP contribution in [-0.4, -0.2) is 5.97 Å². The summed E-state index contributed by atoms with van der Waals surface area (Å²) in [4.78, 5) is 13.0. The summed E-state index contributed by atoms with van der Waals surface area (Å²) < 4.78 is 50.1. The zero-order valence-electron chi connectivity index (χ0n) is 19.1. The third-order valence-electron chi connectivity index (χ3n) is 5.42. The molecule has 3 rings (SSSR count). The minimum Gasteiger partial charge on any atom is -0.457 e. The molecule has 35 heavy (non-hydrogen) atoms. The molecule has 0 aliphatic heterocycles. The Bertz CT molecular complexity index is 1210. The minimum atomic E-state index is -4.52. The van der Waals surface area contributed by atoms with Crippen LogP contribution < -0.4 is 4.74 Å². The van der Waals surface area contributed by atoms with Crippen LogP contribution in [0.15, 0.2) is 72.8 Å². The molecule has 2 atom stereocenters. The Kier molecular flexibility index (Phi) is 8.42. The second-order valence-corrected chi connectivity index (χ2v) is 8.70.